The molecule has 2 aliphatic heterocycles. The van der Waals surface area contributed by atoms with Gasteiger partial charge in [-0.1, -0.05) is 11.6 Å². The Morgan fingerprint density at radius 3 is 2.83 bits per heavy atom. The van der Waals surface area contributed by atoms with Gasteiger partial charge in [0, 0.05) is 37.0 Å². The summed E-state index contributed by atoms with van der Waals surface area (Å²) in [6.45, 7) is 3.59. The number of rotatable bonds is 10. The number of likely N-dealkylation sites (tertiary alicyclic amines) is 1. The van der Waals surface area contributed by atoms with Crippen molar-refractivity contribution in [2.45, 2.75) is 44.7 Å². The van der Waals surface area contributed by atoms with Gasteiger partial charge in [0.1, 0.15) is 18.5 Å². The summed E-state index contributed by atoms with van der Waals surface area (Å²) >= 11 is 5.80. The molecule has 0 radical (unpaired) electrons. The van der Waals surface area contributed by atoms with Crippen LogP contribution in [0.15, 0.2) is 48.7 Å². The number of carbonyl (C=O) groups is 1. The molecule has 2 atom stereocenters. The van der Waals surface area contributed by atoms with Crippen LogP contribution in [0.2, 0.25) is 5.02 Å². The fourth-order valence-corrected chi connectivity index (χ4v) is 5.19. The monoisotopic (exact) mass is 581 g/mol. The Morgan fingerprint density at radius 1 is 1.17 bits per heavy atom. The molecule has 0 saturated carbocycles. The lowest BCUT2D eigenvalue weighted by atomic mass is 10.1. The van der Waals surface area contributed by atoms with E-state index in [-0.39, 0.29) is 30.5 Å². The molecule has 0 spiro atoms. The SMILES string of the molecule is COC(=O)c1ccc2nc(CN3CC[C@H](Oc4ccnc(COc5ccc(Cl)cc5F)n4)C3)n(C[C@@H]3CCO3)c2c1. The molecule has 0 bridgehead atoms. The van der Waals surface area contributed by atoms with Crippen LogP contribution >= 0.6 is 11.6 Å². The van der Waals surface area contributed by atoms with Gasteiger partial charge >= 0.3 is 5.97 Å². The Hall–Kier alpha value is -3.80. The van der Waals surface area contributed by atoms with Gasteiger partial charge < -0.3 is 23.5 Å². The number of ether oxygens (including phenoxy) is 4. The third-order valence-corrected chi connectivity index (χ3v) is 7.48. The molecular formula is C29H29ClFN5O5. The van der Waals surface area contributed by atoms with Crippen LogP contribution in [-0.4, -0.2) is 69.4 Å². The van der Waals surface area contributed by atoms with E-state index in [1.54, 1.807) is 24.4 Å². The first-order valence-electron chi connectivity index (χ1n) is 13.4. The van der Waals surface area contributed by atoms with Crippen molar-refractivity contribution in [2.24, 2.45) is 0 Å². The van der Waals surface area contributed by atoms with Crippen LogP contribution in [0, 0.1) is 5.82 Å². The molecule has 12 heteroatoms. The normalized spacial score (nSPS) is 18.8. The summed E-state index contributed by atoms with van der Waals surface area (Å²) in [7, 11) is 1.38. The predicted molar refractivity (Wildman–Crippen MR) is 148 cm³/mol. The number of aromatic nitrogens is 4. The average Bonchev–Trinajstić information content (AvgIpc) is 3.53. The van der Waals surface area contributed by atoms with Crippen molar-refractivity contribution in [3.63, 3.8) is 0 Å². The number of hydrogen-bond donors (Lipinski definition) is 0. The maximum atomic E-state index is 14.0. The van der Waals surface area contributed by atoms with Crippen molar-refractivity contribution >= 4 is 28.6 Å². The number of imidazole rings is 1. The Bertz CT molecular complexity index is 1560. The lowest BCUT2D eigenvalue weighted by Crippen LogP contribution is -2.33. The number of nitrogens with zero attached hydrogens (tertiary/aromatic N) is 5. The summed E-state index contributed by atoms with van der Waals surface area (Å²) in [5.41, 5.74) is 2.21. The summed E-state index contributed by atoms with van der Waals surface area (Å²) in [6, 6.07) is 11.4. The largest absolute Gasteiger partial charge is 0.483 e. The molecule has 2 aromatic carbocycles. The number of carbonyl (C=O) groups excluding carboxylic acids is 1. The molecule has 2 fully saturated rings. The minimum absolute atomic E-state index is 0.00877. The van der Waals surface area contributed by atoms with E-state index in [2.05, 4.69) is 19.4 Å². The lowest BCUT2D eigenvalue weighted by molar-refractivity contribution is -0.0591. The van der Waals surface area contributed by atoms with Crippen LogP contribution in [0.1, 0.15) is 34.8 Å². The van der Waals surface area contributed by atoms with Crippen molar-refractivity contribution in [3.8, 4) is 11.6 Å². The van der Waals surface area contributed by atoms with Crippen LogP contribution in [0.25, 0.3) is 11.0 Å². The zero-order valence-corrected chi connectivity index (χ0v) is 23.2. The fraction of sp³-hybridized carbons (Fsp3) is 0.379. The molecule has 10 nitrogen and oxygen atoms in total. The molecule has 0 amide bonds. The summed E-state index contributed by atoms with van der Waals surface area (Å²) in [5, 5.41) is 0.296. The smallest absolute Gasteiger partial charge is 0.337 e. The highest BCUT2D eigenvalue weighted by Crippen LogP contribution is 2.26. The second-order valence-corrected chi connectivity index (χ2v) is 10.5. The molecule has 4 heterocycles. The average molecular weight is 582 g/mol. The molecule has 2 aliphatic rings. The number of halogens is 2. The first-order valence-corrected chi connectivity index (χ1v) is 13.8. The topological polar surface area (TPSA) is 101 Å². The van der Waals surface area contributed by atoms with Gasteiger partial charge in [-0.25, -0.2) is 19.2 Å². The van der Waals surface area contributed by atoms with E-state index in [9.17, 15) is 9.18 Å². The van der Waals surface area contributed by atoms with Gasteiger partial charge in [0.15, 0.2) is 17.4 Å². The molecular weight excluding hydrogens is 553 g/mol. The second-order valence-electron chi connectivity index (χ2n) is 10.1. The molecule has 2 aromatic heterocycles. The molecule has 0 unspecified atom stereocenters. The van der Waals surface area contributed by atoms with Crippen LogP contribution in [0.5, 0.6) is 11.6 Å². The molecule has 4 aromatic rings. The number of methoxy groups -OCH3 is 1. The number of hydrogen-bond acceptors (Lipinski definition) is 9. The maximum absolute atomic E-state index is 14.0. The minimum Gasteiger partial charge on any atom is -0.483 e. The first kappa shape index (κ1) is 27.4. The first-order chi connectivity index (χ1) is 19.9. The van der Waals surface area contributed by atoms with Crippen molar-refractivity contribution < 1.29 is 28.1 Å². The van der Waals surface area contributed by atoms with E-state index >= 15 is 0 Å². The van der Waals surface area contributed by atoms with Crippen LogP contribution in [-0.2, 0) is 29.2 Å². The zero-order chi connectivity index (χ0) is 28.3. The van der Waals surface area contributed by atoms with E-state index in [0.717, 1.165) is 42.9 Å². The summed E-state index contributed by atoms with van der Waals surface area (Å²) in [4.78, 5) is 28.0. The third kappa shape index (κ3) is 6.27. The van der Waals surface area contributed by atoms with Gasteiger partial charge in [-0.3, -0.25) is 4.90 Å². The number of fused-ring (bicyclic) bond motifs is 1. The van der Waals surface area contributed by atoms with Crippen molar-refractivity contribution in [3.05, 3.63) is 76.7 Å². The molecule has 41 heavy (non-hydrogen) atoms. The Labute approximate surface area is 241 Å². The lowest BCUT2D eigenvalue weighted by Gasteiger charge is -2.28. The molecule has 0 N–H and O–H groups in total. The van der Waals surface area contributed by atoms with Gasteiger partial charge in [-0.15, -0.1) is 0 Å². The van der Waals surface area contributed by atoms with E-state index < -0.39 is 5.82 Å². The van der Waals surface area contributed by atoms with Crippen molar-refractivity contribution in [1.82, 2.24) is 24.4 Å². The highest BCUT2D eigenvalue weighted by Gasteiger charge is 2.28. The zero-order valence-electron chi connectivity index (χ0n) is 22.5. The highest BCUT2D eigenvalue weighted by molar-refractivity contribution is 6.30. The summed E-state index contributed by atoms with van der Waals surface area (Å²) < 4.78 is 38.5. The molecule has 2 saturated heterocycles. The standard InChI is InChI=1S/C29H29ClFN5O5/c1-38-29(37)18-2-4-23-24(12-18)36(15-20-8-11-39-20)27(33-23)16-35-10-7-21(14-35)41-28-6-9-32-26(34-28)17-40-25-5-3-19(30)13-22(25)31/h2-6,9,12-13,20-21H,7-8,10-11,14-17H2,1H3/t20-,21-/m0/s1. The van der Waals surface area contributed by atoms with Gasteiger partial charge in [-0.05, 0) is 49.2 Å². The fourth-order valence-electron chi connectivity index (χ4n) is 5.03. The van der Waals surface area contributed by atoms with E-state index in [0.29, 0.717) is 41.9 Å². The Morgan fingerprint density at radius 2 is 2.05 bits per heavy atom. The quantitative estimate of drug-likeness (QED) is 0.252. The van der Waals surface area contributed by atoms with Crippen LogP contribution in [0.4, 0.5) is 4.39 Å². The summed E-state index contributed by atoms with van der Waals surface area (Å²) in [5.74, 6) is 0.878. The Kier molecular flexibility index (Phi) is 8.00. The second kappa shape index (κ2) is 12.0. The van der Waals surface area contributed by atoms with Crippen molar-refractivity contribution in [2.75, 3.05) is 26.8 Å². The Balaban J connectivity index is 1.10. The van der Waals surface area contributed by atoms with E-state index in [4.69, 9.17) is 35.5 Å². The van der Waals surface area contributed by atoms with Gasteiger partial charge in [0.25, 0.3) is 0 Å². The maximum Gasteiger partial charge on any atom is 0.337 e. The predicted octanol–water partition coefficient (Wildman–Crippen LogP) is 4.43. The van der Waals surface area contributed by atoms with E-state index in [1.807, 2.05) is 12.1 Å². The number of benzene rings is 2. The van der Waals surface area contributed by atoms with E-state index in [1.165, 1.54) is 19.2 Å². The highest BCUT2D eigenvalue weighted by atomic mass is 35.5. The van der Waals surface area contributed by atoms with Crippen LogP contribution in [0.3, 0.4) is 0 Å². The summed E-state index contributed by atoms with van der Waals surface area (Å²) in [6.07, 6.45) is 3.49. The van der Waals surface area contributed by atoms with Gasteiger partial charge in [0.05, 0.1) is 42.9 Å². The number of esters is 1. The van der Waals surface area contributed by atoms with Crippen LogP contribution < -0.4 is 9.47 Å². The molecule has 214 valence electrons. The molecule has 6 rings (SSSR count). The molecule has 0 aliphatic carbocycles. The van der Waals surface area contributed by atoms with Gasteiger partial charge in [-0.2, -0.15) is 4.98 Å². The van der Waals surface area contributed by atoms with Gasteiger partial charge in [0.2, 0.25) is 5.88 Å². The van der Waals surface area contributed by atoms with Crippen molar-refractivity contribution in [1.29, 1.82) is 0 Å². The minimum atomic E-state index is -0.548. The third-order valence-electron chi connectivity index (χ3n) is 7.24.